The van der Waals surface area contributed by atoms with Gasteiger partial charge in [-0.25, -0.2) is 8.42 Å². The minimum absolute atomic E-state index is 0.0725. The molecule has 0 aromatic heterocycles. The van der Waals surface area contributed by atoms with Crippen LogP contribution in [0.15, 0.2) is 77.3 Å². The van der Waals surface area contributed by atoms with E-state index in [-0.39, 0.29) is 24.6 Å². The van der Waals surface area contributed by atoms with Crippen molar-refractivity contribution in [2.75, 3.05) is 23.7 Å². The minimum Gasteiger partial charge on any atom is -0.354 e. The Kier molecular flexibility index (Phi) is 11.7. The Labute approximate surface area is 263 Å². The summed E-state index contributed by atoms with van der Waals surface area (Å²) < 4.78 is 67.9. The van der Waals surface area contributed by atoms with Crippen LogP contribution >= 0.6 is 27.5 Å². The molecule has 13 heteroatoms. The lowest BCUT2D eigenvalue weighted by Gasteiger charge is -2.33. The van der Waals surface area contributed by atoms with Crippen LogP contribution < -0.4 is 9.62 Å². The molecule has 1 N–H and O–H groups in total. The lowest BCUT2D eigenvalue weighted by Crippen LogP contribution is -2.53. The van der Waals surface area contributed by atoms with Gasteiger partial charge in [0.1, 0.15) is 12.6 Å². The predicted octanol–water partition coefficient (Wildman–Crippen LogP) is 6.30. The third-order valence-corrected chi connectivity index (χ3v) is 8.38. The Bertz CT molecular complexity index is 1540. The number of carbonyl (C=O) groups is 2. The van der Waals surface area contributed by atoms with Crippen LogP contribution in [-0.2, 0) is 38.8 Å². The topological polar surface area (TPSA) is 86.8 Å². The molecule has 2 amide bonds. The summed E-state index contributed by atoms with van der Waals surface area (Å²) in [5.41, 5.74) is -0.228. The van der Waals surface area contributed by atoms with Crippen molar-refractivity contribution in [3.63, 3.8) is 0 Å². The van der Waals surface area contributed by atoms with Crippen molar-refractivity contribution in [1.29, 1.82) is 0 Å². The van der Waals surface area contributed by atoms with Crippen LogP contribution in [0.4, 0.5) is 18.9 Å². The number of anilines is 1. The average molecular weight is 703 g/mol. The third-order valence-electron chi connectivity index (χ3n) is 6.42. The van der Waals surface area contributed by atoms with E-state index in [0.29, 0.717) is 22.5 Å². The summed E-state index contributed by atoms with van der Waals surface area (Å²) in [5, 5.41) is 2.25. The number of benzene rings is 3. The van der Waals surface area contributed by atoms with Crippen LogP contribution in [0.1, 0.15) is 30.5 Å². The van der Waals surface area contributed by atoms with E-state index in [1.807, 2.05) is 19.9 Å². The number of amides is 2. The van der Waals surface area contributed by atoms with E-state index in [4.69, 9.17) is 11.6 Å². The first-order valence-corrected chi connectivity index (χ1v) is 16.3. The second-order valence-corrected chi connectivity index (χ2v) is 13.7. The van der Waals surface area contributed by atoms with Crippen LogP contribution in [0.2, 0.25) is 5.02 Å². The molecule has 0 spiro atoms. The maximum atomic E-state index is 14.1. The van der Waals surface area contributed by atoms with Gasteiger partial charge in [-0.3, -0.25) is 13.9 Å². The maximum absolute atomic E-state index is 14.1. The van der Waals surface area contributed by atoms with E-state index in [9.17, 15) is 31.2 Å². The molecule has 3 aromatic carbocycles. The largest absolute Gasteiger partial charge is 0.417 e. The highest BCUT2D eigenvalue weighted by Gasteiger charge is 2.36. The standard InChI is InChI=1S/C30H32BrClF3N3O4S/c1-20(2)17-36-29(40)27(15-21-8-5-4-6-9-21)37(18-22-10-7-11-23(31)14-22)28(39)19-38(43(3,41)42)24-12-13-26(32)25(16-24)30(33,34)35/h4-14,16,20,27H,15,17-19H2,1-3H3,(H,36,40)/t27-/m1/s1. The van der Waals surface area contributed by atoms with Crippen molar-refractivity contribution < 1.29 is 31.2 Å². The van der Waals surface area contributed by atoms with Gasteiger partial charge in [-0.2, -0.15) is 13.2 Å². The Morgan fingerprint density at radius 2 is 1.63 bits per heavy atom. The highest BCUT2D eigenvalue weighted by molar-refractivity contribution is 9.10. The molecule has 0 aliphatic carbocycles. The number of sulfonamides is 1. The number of alkyl halides is 3. The van der Waals surface area contributed by atoms with Crippen LogP contribution in [0, 0.1) is 5.92 Å². The summed E-state index contributed by atoms with van der Waals surface area (Å²) in [7, 11) is -4.26. The molecule has 0 unspecified atom stereocenters. The van der Waals surface area contributed by atoms with E-state index in [1.54, 1.807) is 48.5 Å². The van der Waals surface area contributed by atoms with E-state index in [1.165, 1.54) is 4.90 Å². The number of nitrogens with zero attached hydrogens (tertiary/aromatic N) is 2. The second-order valence-electron chi connectivity index (χ2n) is 10.4. The molecule has 3 rings (SSSR count). The van der Waals surface area contributed by atoms with Gasteiger partial charge >= 0.3 is 6.18 Å². The van der Waals surface area contributed by atoms with Crippen molar-refractivity contribution in [2.45, 2.75) is 39.0 Å². The second kappa shape index (κ2) is 14.6. The van der Waals surface area contributed by atoms with Gasteiger partial charge in [0, 0.05) is 24.0 Å². The molecule has 0 heterocycles. The molecule has 3 aromatic rings. The SMILES string of the molecule is CC(C)CNC(=O)[C@@H](Cc1ccccc1)N(Cc1cccc(Br)c1)C(=O)CN(c1ccc(Cl)c(C(F)(F)F)c1)S(C)(=O)=O. The molecule has 0 fully saturated rings. The van der Waals surface area contributed by atoms with Gasteiger partial charge in [0.2, 0.25) is 21.8 Å². The summed E-state index contributed by atoms with van der Waals surface area (Å²) >= 11 is 9.16. The predicted molar refractivity (Wildman–Crippen MR) is 165 cm³/mol. The number of nitrogens with one attached hydrogen (secondary N) is 1. The molecular weight excluding hydrogens is 671 g/mol. The van der Waals surface area contributed by atoms with Gasteiger partial charge in [-0.15, -0.1) is 0 Å². The third kappa shape index (κ3) is 9.97. The van der Waals surface area contributed by atoms with Crippen molar-refractivity contribution in [1.82, 2.24) is 10.2 Å². The lowest BCUT2D eigenvalue weighted by molar-refractivity contribution is -0.140. The first kappa shape index (κ1) is 34.4. The Balaban J connectivity index is 2.09. The number of hydrogen-bond donors (Lipinski definition) is 1. The normalized spacial score (nSPS) is 12.6. The molecule has 0 radical (unpaired) electrons. The number of rotatable bonds is 12. The highest BCUT2D eigenvalue weighted by Crippen LogP contribution is 2.37. The van der Waals surface area contributed by atoms with Gasteiger partial charge < -0.3 is 10.2 Å². The van der Waals surface area contributed by atoms with Gasteiger partial charge in [0.05, 0.1) is 22.5 Å². The van der Waals surface area contributed by atoms with Crippen LogP contribution in [-0.4, -0.2) is 50.5 Å². The molecule has 232 valence electrons. The number of carbonyl (C=O) groups excluding carboxylic acids is 2. The zero-order chi connectivity index (χ0) is 31.9. The smallest absolute Gasteiger partial charge is 0.354 e. The molecule has 0 saturated carbocycles. The first-order chi connectivity index (χ1) is 20.1. The van der Waals surface area contributed by atoms with Gasteiger partial charge in [0.15, 0.2) is 0 Å². The fourth-order valence-electron chi connectivity index (χ4n) is 4.31. The van der Waals surface area contributed by atoms with E-state index >= 15 is 0 Å². The van der Waals surface area contributed by atoms with E-state index < -0.39 is 51.2 Å². The van der Waals surface area contributed by atoms with Crippen molar-refractivity contribution in [3.05, 3.63) is 99.0 Å². The Hall–Kier alpha value is -3.09. The summed E-state index contributed by atoms with van der Waals surface area (Å²) in [6, 6.07) is 17.6. The summed E-state index contributed by atoms with van der Waals surface area (Å²) in [6.45, 7) is 3.25. The van der Waals surface area contributed by atoms with Crippen molar-refractivity contribution in [2.24, 2.45) is 5.92 Å². The zero-order valence-electron chi connectivity index (χ0n) is 23.7. The van der Waals surface area contributed by atoms with E-state index in [0.717, 1.165) is 28.4 Å². The van der Waals surface area contributed by atoms with Crippen LogP contribution in [0.5, 0.6) is 0 Å². The molecule has 43 heavy (non-hydrogen) atoms. The van der Waals surface area contributed by atoms with Crippen LogP contribution in [0.3, 0.4) is 0 Å². The van der Waals surface area contributed by atoms with Gasteiger partial charge in [-0.05, 0) is 47.4 Å². The average Bonchev–Trinajstić information content (AvgIpc) is 2.92. The maximum Gasteiger partial charge on any atom is 0.417 e. The Morgan fingerprint density at radius 3 is 2.21 bits per heavy atom. The number of hydrogen-bond acceptors (Lipinski definition) is 4. The fraction of sp³-hybridized carbons (Fsp3) is 0.333. The molecule has 0 aliphatic rings. The number of halogens is 5. The fourth-order valence-corrected chi connectivity index (χ4v) is 5.82. The highest BCUT2D eigenvalue weighted by atomic mass is 79.9. The Morgan fingerprint density at radius 1 is 0.977 bits per heavy atom. The van der Waals surface area contributed by atoms with Crippen LogP contribution in [0.25, 0.3) is 0 Å². The molecule has 0 aliphatic heterocycles. The molecule has 7 nitrogen and oxygen atoms in total. The minimum atomic E-state index is -4.86. The summed E-state index contributed by atoms with van der Waals surface area (Å²) in [6.07, 6.45) is -3.96. The lowest BCUT2D eigenvalue weighted by atomic mass is 10.0. The van der Waals surface area contributed by atoms with Crippen molar-refractivity contribution in [3.8, 4) is 0 Å². The van der Waals surface area contributed by atoms with Crippen molar-refractivity contribution >= 4 is 55.1 Å². The molecule has 0 bridgehead atoms. The van der Waals surface area contributed by atoms with Gasteiger partial charge in [-0.1, -0.05) is 83.8 Å². The summed E-state index contributed by atoms with van der Waals surface area (Å²) in [4.78, 5) is 28.9. The van der Waals surface area contributed by atoms with E-state index in [2.05, 4.69) is 21.2 Å². The monoisotopic (exact) mass is 701 g/mol. The molecule has 0 saturated heterocycles. The summed E-state index contributed by atoms with van der Waals surface area (Å²) in [5.74, 6) is -1.11. The first-order valence-electron chi connectivity index (χ1n) is 13.3. The quantitative estimate of drug-likeness (QED) is 0.240. The molecule has 1 atom stereocenters. The van der Waals surface area contributed by atoms with Gasteiger partial charge in [0.25, 0.3) is 0 Å². The zero-order valence-corrected chi connectivity index (χ0v) is 26.9. The molecular formula is C30H32BrClF3N3O4S.